The molecule has 43 heavy (non-hydrogen) atoms. The Bertz CT molecular complexity index is 1510. The summed E-state index contributed by atoms with van der Waals surface area (Å²) < 4.78 is 19.4. The minimum Gasteiger partial charge on any atom is -0.494 e. The van der Waals surface area contributed by atoms with Crippen molar-refractivity contribution in [3.05, 3.63) is 82.5 Å². The van der Waals surface area contributed by atoms with Crippen LogP contribution in [0.2, 0.25) is 5.02 Å². The van der Waals surface area contributed by atoms with E-state index in [-0.39, 0.29) is 31.7 Å². The molecule has 12 nitrogen and oxygen atoms in total. The fourth-order valence-electron chi connectivity index (χ4n) is 3.99. The van der Waals surface area contributed by atoms with Crippen LogP contribution in [-0.2, 0) is 27.5 Å². The molecule has 0 saturated heterocycles. The van der Waals surface area contributed by atoms with Gasteiger partial charge >= 0.3 is 6.09 Å². The number of hydrogen-bond acceptors (Lipinski definition) is 11. The van der Waals surface area contributed by atoms with Crippen molar-refractivity contribution in [2.75, 3.05) is 13.7 Å². The number of methoxy groups -OCH3 is 1. The number of halogens is 1. The van der Waals surface area contributed by atoms with Gasteiger partial charge in [-0.1, -0.05) is 17.7 Å². The molecule has 1 aliphatic heterocycles. The lowest BCUT2D eigenvalue weighted by Crippen LogP contribution is -2.48. The van der Waals surface area contributed by atoms with Crippen molar-refractivity contribution in [2.45, 2.75) is 50.8 Å². The fourth-order valence-corrected chi connectivity index (χ4v) is 5.03. The van der Waals surface area contributed by atoms with Crippen LogP contribution in [0.4, 0.5) is 4.79 Å². The molecule has 1 aromatic carbocycles. The van der Waals surface area contributed by atoms with E-state index in [0.29, 0.717) is 32.8 Å². The second-order valence-electron chi connectivity index (χ2n) is 10.2. The molecular formula is C29H31ClN6O6S. The molecule has 0 saturated carbocycles. The number of carbonyl (C=O) groups is 3. The molecule has 4 rings (SSSR count). The molecule has 0 fully saturated rings. The summed E-state index contributed by atoms with van der Waals surface area (Å²) in [6, 6.07) is 10.4. The highest BCUT2D eigenvalue weighted by molar-refractivity contribution is 7.98. The Morgan fingerprint density at radius 3 is 2.67 bits per heavy atom. The first-order chi connectivity index (χ1) is 20.6. The standard InChI is InChI=1S/C29H31ClN6O6S/c1-29(2,3)42-28(39)36-14-11-21(24(27(36)38)26(37)35-43-23-9-5-8-20(30)25(23)40-4)32-15-18-10-13-31-16-22(18)41-17-19-7-6-12-33-34-19/h5-10,12-13,16,32H,11,14-15,17H2,1-4H3,(H,35,37). The lowest BCUT2D eigenvalue weighted by molar-refractivity contribution is -0.130. The summed E-state index contributed by atoms with van der Waals surface area (Å²) in [4.78, 5) is 45.6. The summed E-state index contributed by atoms with van der Waals surface area (Å²) in [5.41, 5.74) is 0.677. The maximum Gasteiger partial charge on any atom is 0.417 e. The summed E-state index contributed by atoms with van der Waals surface area (Å²) in [6.45, 7) is 5.50. The zero-order chi connectivity index (χ0) is 31.0. The van der Waals surface area contributed by atoms with Gasteiger partial charge in [-0.2, -0.15) is 10.2 Å². The highest BCUT2D eigenvalue weighted by atomic mass is 35.5. The molecule has 0 aliphatic carbocycles. The molecule has 3 heterocycles. The quantitative estimate of drug-likeness (QED) is 0.243. The number of para-hydroxylation sites is 1. The smallest absolute Gasteiger partial charge is 0.417 e. The number of rotatable bonds is 10. The Kier molecular flexibility index (Phi) is 10.4. The van der Waals surface area contributed by atoms with Crippen molar-refractivity contribution in [3.63, 3.8) is 0 Å². The number of amides is 3. The molecular weight excluding hydrogens is 596 g/mol. The molecule has 1 aliphatic rings. The van der Waals surface area contributed by atoms with E-state index in [1.54, 1.807) is 75.8 Å². The average molecular weight is 627 g/mol. The topological polar surface area (TPSA) is 145 Å². The summed E-state index contributed by atoms with van der Waals surface area (Å²) >= 11 is 7.15. The molecule has 0 unspecified atom stereocenters. The van der Waals surface area contributed by atoms with E-state index < -0.39 is 23.5 Å². The number of hydrogen-bond donors (Lipinski definition) is 2. The molecule has 2 aromatic heterocycles. The van der Waals surface area contributed by atoms with Gasteiger partial charge in [0.1, 0.15) is 29.2 Å². The molecule has 0 atom stereocenters. The van der Waals surface area contributed by atoms with Crippen LogP contribution in [0.15, 0.2) is 71.2 Å². The Morgan fingerprint density at radius 2 is 1.95 bits per heavy atom. The third kappa shape index (κ3) is 8.36. The van der Waals surface area contributed by atoms with E-state index >= 15 is 0 Å². The van der Waals surface area contributed by atoms with E-state index in [2.05, 4.69) is 25.2 Å². The van der Waals surface area contributed by atoms with Gasteiger partial charge in [0.05, 0.1) is 23.2 Å². The third-order valence-corrected chi connectivity index (χ3v) is 7.07. The Morgan fingerprint density at radius 1 is 1.14 bits per heavy atom. The largest absolute Gasteiger partial charge is 0.494 e. The summed E-state index contributed by atoms with van der Waals surface area (Å²) in [7, 11) is 1.46. The van der Waals surface area contributed by atoms with Crippen LogP contribution in [0, 0.1) is 0 Å². The van der Waals surface area contributed by atoms with Gasteiger partial charge in [-0.15, -0.1) is 0 Å². The molecule has 0 spiro atoms. The number of ether oxygens (including phenoxy) is 3. The van der Waals surface area contributed by atoms with E-state index in [1.807, 2.05) is 0 Å². The number of imide groups is 1. The van der Waals surface area contributed by atoms with Crippen LogP contribution >= 0.6 is 23.5 Å². The summed E-state index contributed by atoms with van der Waals surface area (Å²) in [6.07, 6.45) is 4.11. The first-order valence-corrected chi connectivity index (χ1v) is 14.4. The second-order valence-corrected chi connectivity index (χ2v) is 11.4. The average Bonchev–Trinajstić information content (AvgIpc) is 2.97. The summed E-state index contributed by atoms with van der Waals surface area (Å²) in [5, 5.41) is 11.4. The van der Waals surface area contributed by atoms with E-state index in [1.165, 1.54) is 7.11 Å². The molecule has 2 N–H and O–H groups in total. The maximum atomic E-state index is 13.6. The van der Waals surface area contributed by atoms with Crippen molar-refractivity contribution in [1.29, 1.82) is 0 Å². The van der Waals surface area contributed by atoms with Gasteiger partial charge in [-0.05, 0) is 63.1 Å². The lowest BCUT2D eigenvalue weighted by Gasteiger charge is -2.31. The van der Waals surface area contributed by atoms with Gasteiger partial charge in [0.25, 0.3) is 11.8 Å². The van der Waals surface area contributed by atoms with Crippen LogP contribution < -0.4 is 19.5 Å². The number of nitrogens with one attached hydrogen (secondary N) is 2. The molecule has 3 amide bonds. The number of pyridine rings is 1. The van der Waals surface area contributed by atoms with Gasteiger partial charge in [0.2, 0.25) is 0 Å². The van der Waals surface area contributed by atoms with Gasteiger partial charge < -0.3 is 19.5 Å². The maximum absolute atomic E-state index is 13.6. The van der Waals surface area contributed by atoms with Crippen LogP contribution in [0.25, 0.3) is 0 Å². The van der Waals surface area contributed by atoms with Crippen molar-refractivity contribution in [3.8, 4) is 11.5 Å². The van der Waals surface area contributed by atoms with Gasteiger partial charge in [-0.3, -0.25) is 19.3 Å². The van der Waals surface area contributed by atoms with Crippen molar-refractivity contribution < 1.29 is 28.6 Å². The SMILES string of the molecule is COc1c(Cl)cccc1SNC(=O)C1=C(NCc2ccncc2OCc2cccnn2)CCN(C(=O)OC(C)(C)C)C1=O. The van der Waals surface area contributed by atoms with E-state index in [4.69, 9.17) is 25.8 Å². The Labute approximate surface area is 258 Å². The number of benzene rings is 1. The zero-order valence-corrected chi connectivity index (χ0v) is 25.6. The monoisotopic (exact) mass is 626 g/mol. The van der Waals surface area contributed by atoms with Gasteiger partial charge in [-0.25, -0.2) is 9.69 Å². The van der Waals surface area contributed by atoms with Crippen LogP contribution in [0.3, 0.4) is 0 Å². The Balaban J connectivity index is 1.57. The van der Waals surface area contributed by atoms with Gasteiger partial charge in [0.15, 0.2) is 5.75 Å². The second kappa shape index (κ2) is 14.2. The fraction of sp³-hybridized carbons (Fsp3) is 0.310. The van der Waals surface area contributed by atoms with Crippen LogP contribution in [0.5, 0.6) is 11.5 Å². The first-order valence-electron chi connectivity index (χ1n) is 13.2. The number of carbonyl (C=O) groups excluding carboxylic acids is 3. The third-order valence-electron chi connectivity index (χ3n) is 5.94. The highest BCUT2D eigenvalue weighted by Crippen LogP contribution is 2.34. The number of aromatic nitrogens is 3. The van der Waals surface area contributed by atoms with E-state index in [9.17, 15) is 14.4 Å². The molecule has 3 aromatic rings. The predicted molar refractivity (Wildman–Crippen MR) is 159 cm³/mol. The van der Waals surface area contributed by atoms with Crippen LogP contribution in [-0.4, -0.2) is 57.2 Å². The highest BCUT2D eigenvalue weighted by Gasteiger charge is 2.37. The van der Waals surface area contributed by atoms with Crippen molar-refractivity contribution in [1.82, 2.24) is 30.1 Å². The van der Waals surface area contributed by atoms with Crippen molar-refractivity contribution >= 4 is 41.5 Å². The molecule has 0 bridgehead atoms. The van der Waals surface area contributed by atoms with Crippen LogP contribution in [0.1, 0.15) is 38.4 Å². The zero-order valence-electron chi connectivity index (χ0n) is 24.0. The van der Waals surface area contributed by atoms with Gasteiger partial charge in [0, 0.05) is 43.2 Å². The lowest BCUT2D eigenvalue weighted by atomic mass is 10.0. The number of nitrogens with zero attached hydrogens (tertiary/aromatic N) is 4. The molecule has 0 radical (unpaired) electrons. The molecule has 226 valence electrons. The summed E-state index contributed by atoms with van der Waals surface area (Å²) in [5.74, 6) is -0.623. The van der Waals surface area contributed by atoms with Crippen molar-refractivity contribution in [2.24, 2.45) is 0 Å². The minimum atomic E-state index is -0.833. The Hall–Kier alpha value is -4.36. The normalized spacial score (nSPS) is 13.4. The minimum absolute atomic E-state index is 0.0223. The first kappa shape index (κ1) is 31.6. The predicted octanol–water partition coefficient (Wildman–Crippen LogP) is 4.45. The van der Waals surface area contributed by atoms with E-state index in [0.717, 1.165) is 22.4 Å². The molecule has 14 heteroatoms.